The summed E-state index contributed by atoms with van der Waals surface area (Å²) >= 11 is 0. The molecule has 1 fully saturated rings. The van der Waals surface area contributed by atoms with Crippen molar-refractivity contribution in [3.63, 3.8) is 0 Å². The third-order valence-corrected chi connectivity index (χ3v) is 2.97. The van der Waals surface area contributed by atoms with Gasteiger partial charge in [-0.2, -0.15) is 4.98 Å². The Labute approximate surface area is 104 Å². The number of rotatable bonds is 3. The quantitative estimate of drug-likeness (QED) is 0.878. The molecule has 0 radical (unpaired) electrons. The molecule has 0 saturated carbocycles. The lowest BCUT2D eigenvalue weighted by Gasteiger charge is -2.00. The molecule has 6 nitrogen and oxygen atoms in total. The van der Waals surface area contributed by atoms with Crippen LogP contribution in [0.4, 0.5) is 5.69 Å². The Kier molecular flexibility index (Phi) is 2.93. The molecule has 2 aromatic heterocycles. The number of nitrogen functional groups attached to an aromatic ring is 1. The Balaban J connectivity index is 1.76. The average Bonchev–Trinajstić information content (AvgIpc) is 3.01. The van der Waals surface area contributed by atoms with E-state index in [9.17, 15) is 0 Å². The van der Waals surface area contributed by atoms with Crippen LogP contribution in [0.2, 0.25) is 0 Å². The van der Waals surface area contributed by atoms with Gasteiger partial charge in [-0.1, -0.05) is 5.16 Å². The molecule has 6 heteroatoms. The van der Waals surface area contributed by atoms with Gasteiger partial charge in [0.2, 0.25) is 0 Å². The number of pyridine rings is 1. The standard InChI is InChI=1S/C12H14N4O2/c13-10-4-9(5-14-6-10)12-15-11(16-18-12)3-8-1-2-17-7-8/h4-6,8H,1-3,7,13H2. The maximum Gasteiger partial charge on any atom is 0.259 e. The molecule has 18 heavy (non-hydrogen) atoms. The van der Waals surface area contributed by atoms with E-state index in [1.807, 2.05) is 0 Å². The number of aromatic nitrogens is 3. The van der Waals surface area contributed by atoms with Crippen molar-refractivity contribution in [1.82, 2.24) is 15.1 Å². The summed E-state index contributed by atoms with van der Waals surface area (Å²) < 4.78 is 10.5. The predicted octanol–water partition coefficient (Wildman–Crippen LogP) is 1.29. The van der Waals surface area contributed by atoms with E-state index in [4.69, 9.17) is 15.0 Å². The summed E-state index contributed by atoms with van der Waals surface area (Å²) in [5, 5.41) is 3.98. The summed E-state index contributed by atoms with van der Waals surface area (Å²) in [5.41, 5.74) is 6.99. The summed E-state index contributed by atoms with van der Waals surface area (Å²) in [6.07, 6.45) is 5.09. The first-order valence-electron chi connectivity index (χ1n) is 5.92. The lowest BCUT2D eigenvalue weighted by Crippen LogP contribution is -2.04. The first-order chi connectivity index (χ1) is 8.81. The van der Waals surface area contributed by atoms with Crippen molar-refractivity contribution in [2.75, 3.05) is 18.9 Å². The van der Waals surface area contributed by atoms with Gasteiger partial charge in [0.1, 0.15) is 0 Å². The monoisotopic (exact) mass is 246 g/mol. The highest BCUT2D eigenvalue weighted by atomic mass is 16.5. The van der Waals surface area contributed by atoms with Crippen LogP contribution in [-0.4, -0.2) is 28.3 Å². The smallest absolute Gasteiger partial charge is 0.259 e. The van der Waals surface area contributed by atoms with Crippen LogP contribution >= 0.6 is 0 Å². The zero-order valence-corrected chi connectivity index (χ0v) is 9.87. The summed E-state index contributed by atoms with van der Waals surface area (Å²) in [6, 6.07) is 1.77. The van der Waals surface area contributed by atoms with E-state index in [2.05, 4.69) is 15.1 Å². The van der Waals surface area contributed by atoms with Crippen LogP contribution in [0, 0.1) is 5.92 Å². The van der Waals surface area contributed by atoms with E-state index in [0.717, 1.165) is 31.6 Å². The van der Waals surface area contributed by atoms with E-state index in [-0.39, 0.29) is 0 Å². The molecule has 0 bridgehead atoms. The Morgan fingerprint density at radius 2 is 2.33 bits per heavy atom. The molecule has 1 aliphatic heterocycles. The lowest BCUT2D eigenvalue weighted by atomic mass is 10.1. The third kappa shape index (κ3) is 2.33. The maximum atomic E-state index is 5.67. The van der Waals surface area contributed by atoms with Gasteiger partial charge in [0.15, 0.2) is 5.82 Å². The highest BCUT2D eigenvalue weighted by Crippen LogP contribution is 2.21. The van der Waals surface area contributed by atoms with Crippen LogP contribution in [-0.2, 0) is 11.2 Å². The number of hydrogen-bond donors (Lipinski definition) is 1. The first-order valence-corrected chi connectivity index (χ1v) is 5.92. The molecule has 1 atom stereocenters. The molecule has 94 valence electrons. The van der Waals surface area contributed by atoms with Gasteiger partial charge >= 0.3 is 0 Å². The third-order valence-electron chi connectivity index (χ3n) is 2.97. The normalized spacial score (nSPS) is 19.2. The van der Waals surface area contributed by atoms with Gasteiger partial charge in [0.25, 0.3) is 5.89 Å². The van der Waals surface area contributed by atoms with Gasteiger partial charge in [-0.15, -0.1) is 0 Å². The van der Waals surface area contributed by atoms with Gasteiger partial charge in [0.05, 0.1) is 11.3 Å². The Morgan fingerprint density at radius 3 is 3.11 bits per heavy atom. The van der Waals surface area contributed by atoms with Crippen LogP contribution < -0.4 is 5.73 Å². The summed E-state index contributed by atoms with van der Waals surface area (Å²) in [5.74, 6) is 1.67. The minimum Gasteiger partial charge on any atom is -0.397 e. The van der Waals surface area contributed by atoms with Crippen molar-refractivity contribution in [2.24, 2.45) is 5.92 Å². The number of nitrogens with two attached hydrogens (primary N) is 1. The molecule has 2 aromatic rings. The molecule has 2 N–H and O–H groups in total. The predicted molar refractivity (Wildman–Crippen MR) is 64.6 cm³/mol. The molecular formula is C12H14N4O2. The van der Waals surface area contributed by atoms with Crippen LogP contribution in [0.25, 0.3) is 11.5 Å². The van der Waals surface area contributed by atoms with Crippen molar-refractivity contribution in [3.8, 4) is 11.5 Å². The van der Waals surface area contributed by atoms with Crippen molar-refractivity contribution in [2.45, 2.75) is 12.8 Å². The van der Waals surface area contributed by atoms with Crippen LogP contribution in [0.3, 0.4) is 0 Å². The molecule has 1 aliphatic rings. The lowest BCUT2D eigenvalue weighted by molar-refractivity contribution is 0.185. The second kappa shape index (κ2) is 4.73. The van der Waals surface area contributed by atoms with E-state index >= 15 is 0 Å². The highest BCUT2D eigenvalue weighted by molar-refractivity contribution is 5.57. The van der Waals surface area contributed by atoms with E-state index in [1.54, 1.807) is 18.5 Å². The summed E-state index contributed by atoms with van der Waals surface area (Å²) in [6.45, 7) is 1.61. The molecule has 3 rings (SSSR count). The molecule has 1 saturated heterocycles. The van der Waals surface area contributed by atoms with Gasteiger partial charge < -0.3 is 15.0 Å². The Bertz CT molecular complexity index is 534. The molecule has 0 amide bonds. The fraction of sp³-hybridized carbons (Fsp3) is 0.417. The molecule has 3 heterocycles. The molecule has 1 unspecified atom stereocenters. The van der Waals surface area contributed by atoms with Crippen molar-refractivity contribution >= 4 is 5.69 Å². The minimum atomic E-state index is 0.462. The topological polar surface area (TPSA) is 87.1 Å². The van der Waals surface area contributed by atoms with Crippen molar-refractivity contribution in [3.05, 3.63) is 24.3 Å². The minimum absolute atomic E-state index is 0.462. The van der Waals surface area contributed by atoms with Crippen LogP contribution in [0.15, 0.2) is 23.0 Å². The van der Waals surface area contributed by atoms with E-state index in [0.29, 0.717) is 23.3 Å². The zero-order chi connectivity index (χ0) is 12.4. The van der Waals surface area contributed by atoms with Gasteiger partial charge in [-0.25, -0.2) is 0 Å². The summed E-state index contributed by atoms with van der Waals surface area (Å²) in [7, 11) is 0. The number of anilines is 1. The average molecular weight is 246 g/mol. The second-order valence-electron chi connectivity index (χ2n) is 4.46. The van der Waals surface area contributed by atoms with Gasteiger partial charge in [-0.3, -0.25) is 4.98 Å². The van der Waals surface area contributed by atoms with Gasteiger partial charge in [0, 0.05) is 32.0 Å². The van der Waals surface area contributed by atoms with Crippen LogP contribution in [0.1, 0.15) is 12.2 Å². The van der Waals surface area contributed by atoms with Crippen molar-refractivity contribution in [1.29, 1.82) is 0 Å². The maximum absolute atomic E-state index is 5.67. The number of ether oxygens (including phenoxy) is 1. The fourth-order valence-corrected chi connectivity index (χ4v) is 2.03. The second-order valence-corrected chi connectivity index (χ2v) is 4.46. The highest BCUT2D eigenvalue weighted by Gasteiger charge is 2.19. The van der Waals surface area contributed by atoms with Crippen molar-refractivity contribution < 1.29 is 9.26 Å². The molecule has 0 aromatic carbocycles. The molecule has 0 aliphatic carbocycles. The number of hydrogen-bond acceptors (Lipinski definition) is 6. The van der Waals surface area contributed by atoms with E-state index < -0.39 is 0 Å². The molecule has 0 spiro atoms. The zero-order valence-electron chi connectivity index (χ0n) is 9.87. The largest absolute Gasteiger partial charge is 0.397 e. The fourth-order valence-electron chi connectivity index (χ4n) is 2.03. The Morgan fingerprint density at radius 1 is 1.39 bits per heavy atom. The first kappa shape index (κ1) is 11.2. The van der Waals surface area contributed by atoms with Crippen LogP contribution in [0.5, 0.6) is 0 Å². The number of nitrogens with zero attached hydrogens (tertiary/aromatic N) is 3. The van der Waals surface area contributed by atoms with Gasteiger partial charge in [-0.05, 0) is 18.4 Å². The summed E-state index contributed by atoms with van der Waals surface area (Å²) in [4.78, 5) is 8.36. The Hall–Kier alpha value is -1.95. The van der Waals surface area contributed by atoms with E-state index in [1.165, 1.54) is 0 Å². The SMILES string of the molecule is Nc1cncc(-c2nc(CC3CCOC3)no2)c1. The molecular weight excluding hydrogens is 232 g/mol.